The molecule has 98 valence electrons. The van der Waals surface area contributed by atoms with Crippen molar-refractivity contribution in [3.05, 3.63) is 30.3 Å². The molecule has 2 aliphatic rings. The van der Waals surface area contributed by atoms with E-state index in [9.17, 15) is 0 Å². The molecule has 3 rings (SSSR count). The standard InChI is InChI=1S/C16H23NS/c1-2-8-15(9-3-1)18-13-14-7-6-12-17-11-5-4-10-16(14)17/h1-3,8-9,14,16H,4-7,10-13H2/t14-,16+/m0/s1. The number of benzene rings is 1. The van der Waals surface area contributed by atoms with Crippen LogP contribution in [0.25, 0.3) is 0 Å². The molecule has 0 bridgehead atoms. The predicted octanol–water partition coefficient (Wildman–Crippen LogP) is 4.04. The fourth-order valence-corrected chi connectivity index (χ4v) is 4.64. The van der Waals surface area contributed by atoms with Crippen molar-refractivity contribution in [1.29, 1.82) is 0 Å². The molecule has 0 unspecified atom stereocenters. The molecule has 0 N–H and O–H groups in total. The van der Waals surface area contributed by atoms with Crippen molar-refractivity contribution < 1.29 is 0 Å². The summed E-state index contributed by atoms with van der Waals surface area (Å²) in [7, 11) is 0. The second kappa shape index (κ2) is 6.12. The minimum atomic E-state index is 0.892. The lowest BCUT2D eigenvalue weighted by Crippen LogP contribution is -2.48. The highest BCUT2D eigenvalue weighted by Crippen LogP contribution is 2.34. The molecule has 2 fully saturated rings. The van der Waals surface area contributed by atoms with Gasteiger partial charge in [-0.25, -0.2) is 0 Å². The Labute approximate surface area is 115 Å². The lowest BCUT2D eigenvalue weighted by molar-refractivity contribution is 0.0693. The Bertz CT molecular complexity index is 363. The molecule has 0 spiro atoms. The van der Waals surface area contributed by atoms with Gasteiger partial charge in [0.15, 0.2) is 0 Å². The van der Waals surface area contributed by atoms with E-state index in [1.165, 1.54) is 55.8 Å². The van der Waals surface area contributed by atoms with E-state index in [0.717, 1.165) is 12.0 Å². The third-order valence-electron chi connectivity index (χ3n) is 4.44. The summed E-state index contributed by atoms with van der Waals surface area (Å²) < 4.78 is 0. The quantitative estimate of drug-likeness (QED) is 0.755. The summed E-state index contributed by atoms with van der Waals surface area (Å²) in [6.45, 7) is 2.72. The van der Waals surface area contributed by atoms with Crippen LogP contribution >= 0.6 is 11.8 Å². The van der Waals surface area contributed by atoms with Crippen LogP contribution in [-0.4, -0.2) is 29.8 Å². The first-order chi connectivity index (χ1) is 8.93. The second-order valence-corrected chi connectivity index (χ2v) is 6.72. The molecule has 2 atom stereocenters. The molecule has 0 radical (unpaired) electrons. The number of fused-ring (bicyclic) bond motifs is 1. The Morgan fingerprint density at radius 1 is 1.00 bits per heavy atom. The van der Waals surface area contributed by atoms with Crippen molar-refractivity contribution in [1.82, 2.24) is 4.90 Å². The fraction of sp³-hybridized carbons (Fsp3) is 0.625. The molecular weight excluding hydrogens is 238 g/mol. The van der Waals surface area contributed by atoms with E-state index in [-0.39, 0.29) is 0 Å². The van der Waals surface area contributed by atoms with E-state index in [4.69, 9.17) is 0 Å². The molecule has 1 aromatic rings. The molecule has 2 heterocycles. The predicted molar refractivity (Wildman–Crippen MR) is 79.1 cm³/mol. The van der Waals surface area contributed by atoms with Crippen molar-refractivity contribution >= 4 is 11.8 Å². The van der Waals surface area contributed by atoms with Gasteiger partial charge in [-0.1, -0.05) is 24.6 Å². The van der Waals surface area contributed by atoms with Gasteiger partial charge in [-0.3, -0.25) is 0 Å². The zero-order chi connectivity index (χ0) is 12.2. The minimum Gasteiger partial charge on any atom is -0.300 e. The number of hydrogen-bond acceptors (Lipinski definition) is 2. The average molecular weight is 261 g/mol. The Kier molecular flexibility index (Phi) is 4.27. The van der Waals surface area contributed by atoms with Crippen LogP contribution in [0, 0.1) is 5.92 Å². The maximum Gasteiger partial charge on any atom is 0.0131 e. The lowest BCUT2D eigenvalue weighted by Gasteiger charge is -2.44. The van der Waals surface area contributed by atoms with Crippen molar-refractivity contribution in [2.75, 3.05) is 18.8 Å². The number of thioether (sulfide) groups is 1. The van der Waals surface area contributed by atoms with Gasteiger partial charge in [0.05, 0.1) is 0 Å². The maximum absolute atomic E-state index is 2.77. The summed E-state index contributed by atoms with van der Waals surface area (Å²) in [5.41, 5.74) is 0. The lowest BCUT2D eigenvalue weighted by atomic mass is 9.85. The van der Waals surface area contributed by atoms with Crippen LogP contribution in [0.4, 0.5) is 0 Å². The number of hydrogen-bond donors (Lipinski definition) is 0. The van der Waals surface area contributed by atoms with Gasteiger partial charge in [-0.15, -0.1) is 11.8 Å². The molecule has 1 aromatic carbocycles. The van der Waals surface area contributed by atoms with Gasteiger partial charge in [0.25, 0.3) is 0 Å². The first kappa shape index (κ1) is 12.6. The van der Waals surface area contributed by atoms with Gasteiger partial charge in [0.2, 0.25) is 0 Å². The second-order valence-electron chi connectivity index (χ2n) is 5.63. The van der Waals surface area contributed by atoms with Crippen LogP contribution in [0.5, 0.6) is 0 Å². The van der Waals surface area contributed by atoms with Gasteiger partial charge in [0.1, 0.15) is 0 Å². The van der Waals surface area contributed by atoms with E-state index in [2.05, 4.69) is 47.0 Å². The molecule has 2 heteroatoms. The first-order valence-electron chi connectivity index (χ1n) is 7.35. The SMILES string of the molecule is c1ccc(SC[C@@H]2CCCN3CCCC[C@H]23)cc1. The largest absolute Gasteiger partial charge is 0.300 e. The molecule has 1 nitrogen and oxygen atoms in total. The Morgan fingerprint density at radius 3 is 2.72 bits per heavy atom. The smallest absolute Gasteiger partial charge is 0.0131 e. The highest BCUT2D eigenvalue weighted by Gasteiger charge is 2.32. The van der Waals surface area contributed by atoms with Crippen molar-refractivity contribution in [3.8, 4) is 0 Å². The summed E-state index contributed by atoms with van der Waals surface area (Å²) in [6.07, 6.45) is 7.18. The monoisotopic (exact) mass is 261 g/mol. The van der Waals surface area contributed by atoms with E-state index >= 15 is 0 Å². The van der Waals surface area contributed by atoms with Crippen LogP contribution < -0.4 is 0 Å². The van der Waals surface area contributed by atoms with E-state index in [1.54, 1.807) is 0 Å². The molecular formula is C16H23NS. The first-order valence-corrected chi connectivity index (χ1v) is 8.34. The molecule has 0 saturated carbocycles. The summed E-state index contributed by atoms with van der Waals surface area (Å²) in [6, 6.07) is 11.8. The molecule has 2 aliphatic heterocycles. The summed E-state index contributed by atoms with van der Waals surface area (Å²) >= 11 is 2.06. The third kappa shape index (κ3) is 2.92. The van der Waals surface area contributed by atoms with Gasteiger partial charge in [-0.05, 0) is 56.8 Å². The Hall–Kier alpha value is -0.470. The van der Waals surface area contributed by atoms with Crippen LogP contribution in [0.2, 0.25) is 0 Å². The zero-order valence-corrected chi connectivity index (χ0v) is 11.9. The number of piperidine rings is 2. The average Bonchev–Trinajstić information content (AvgIpc) is 2.46. The van der Waals surface area contributed by atoms with Gasteiger partial charge in [-0.2, -0.15) is 0 Å². The normalized spacial score (nSPS) is 28.9. The van der Waals surface area contributed by atoms with Crippen LogP contribution in [0.1, 0.15) is 32.1 Å². The molecule has 0 amide bonds. The minimum absolute atomic E-state index is 0.892. The highest BCUT2D eigenvalue weighted by atomic mass is 32.2. The fourth-order valence-electron chi connectivity index (χ4n) is 3.49. The summed E-state index contributed by atoms with van der Waals surface area (Å²) in [5, 5.41) is 0. The van der Waals surface area contributed by atoms with Crippen molar-refractivity contribution in [2.24, 2.45) is 5.92 Å². The van der Waals surface area contributed by atoms with E-state index < -0.39 is 0 Å². The molecule has 2 saturated heterocycles. The van der Waals surface area contributed by atoms with Gasteiger partial charge in [0, 0.05) is 16.7 Å². The highest BCUT2D eigenvalue weighted by molar-refractivity contribution is 7.99. The summed E-state index contributed by atoms with van der Waals surface area (Å²) in [4.78, 5) is 4.20. The van der Waals surface area contributed by atoms with Gasteiger partial charge >= 0.3 is 0 Å². The zero-order valence-electron chi connectivity index (χ0n) is 11.1. The Balaban J connectivity index is 1.58. The molecule has 0 aromatic heterocycles. The topological polar surface area (TPSA) is 3.24 Å². The van der Waals surface area contributed by atoms with Crippen LogP contribution in [0.3, 0.4) is 0 Å². The Morgan fingerprint density at radius 2 is 1.83 bits per heavy atom. The van der Waals surface area contributed by atoms with Crippen LogP contribution in [-0.2, 0) is 0 Å². The number of nitrogens with zero attached hydrogens (tertiary/aromatic N) is 1. The third-order valence-corrected chi connectivity index (χ3v) is 5.64. The maximum atomic E-state index is 2.77. The molecule has 0 aliphatic carbocycles. The number of rotatable bonds is 3. The summed E-state index contributed by atoms with van der Waals surface area (Å²) in [5.74, 6) is 2.23. The van der Waals surface area contributed by atoms with E-state index in [0.29, 0.717) is 0 Å². The van der Waals surface area contributed by atoms with E-state index in [1.807, 2.05) is 0 Å². The van der Waals surface area contributed by atoms with Gasteiger partial charge < -0.3 is 4.90 Å². The molecule has 18 heavy (non-hydrogen) atoms. The van der Waals surface area contributed by atoms with Crippen LogP contribution in [0.15, 0.2) is 35.2 Å². The van der Waals surface area contributed by atoms with Crippen molar-refractivity contribution in [3.63, 3.8) is 0 Å². The van der Waals surface area contributed by atoms with Crippen molar-refractivity contribution in [2.45, 2.75) is 43.0 Å².